The fraction of sp³-hybridized carbons (Fsp3) is 0.208. The summed E-state index contributed by atoms with van der Waals surface area (Å²) in [6.07, 6.45) is 2.57. The molecule has 3 aromatic rings. The maximum absolute atomic E-state index is 13.8. The van der Waals surface area contributed by atoms with Crippen molar-refractivity contribution in [3.8, 4) is 0 Å². The van der Waals surface area contributed by atoms with Crippen LogP contribution in [-0.2, 0) is 0 Å². The highest BCUT2D eigenvalue weighted by molar-refractivity contribution is 7.99. The molecule has 1 saturated heterocycles. The molecule has 1 fully saturated rings. The van der Waals surface area contributed by atoms with Crippen LogP contribution in [0.5, 0.6) is 0 Å². The number of amides is 1. The van der Waals surface area contributed by atoms with E-state index in [9.17, 15) is 25.0 Å². The molecular formula is C24H20N4O5S. The van der Waals surface area contributed by atoms with Crippen molar-refractivity contribution < 1.29 is 14.6 Å². The van der Waals surface area contributed by atoms with Gasteiger partial charge < -0.3 is 4.90 Å². The van der Waals surface area contributed by atoms with Crippen molar-refractivity contribution in [1.82, 2.24) is 0 Å². The van der Waals surface area contributed by atoms with Crippen LogP contribution in [-0.4, -0.2) is 28.8 Å². The van der Waals surface area contributed by atoms with Gasteiger partial charge in [-0.2, -0.15) is 0 Å². The van der Waals surface area contributed by atoms with Gasteiger partial charge in [-0.15, -0.1) is 0 Å². The number of carbonyl (C=O) groups excluding carboxylic acids is 1. The third-order valence-corrected chi connectivity index (χ3v) is 7.15. The van der Waals surface area contributed by atoms with E-state index in [0.29, 0.717) is 24.5 Å². The smallest absolute Gasteiger partial charge is 0.300 e. The molecule has 0 N–H and O–H groups in total. The van der Waals surface area contributed by atoms with Crippen molar-refractivity contribution in [2.45, 2.75) is 29.1 Å². The molecule has 172 valence electrons. The molecule has 0 unspecified atom stereocenters. The summed E-state index contributed by atoms with van der Waals surface area (Å²) >= 11 is 1.52. The normalized spacial score (nSPS) is 14.8. The molecule has 0 aromatic heterocycles. The average molecular weight is 477 g/mol. The summed E-state index contributed by atoms with van der Waals surface area (Å²) in [7, 11) is 0. The number of hydrogen-bond donors (Lipinski definition) is 0. The van der Waals surface area contributed by atoms with Crippen LogP contribution in [0.3, 0.4) is 0 Å². The van der Waals surface area contributed by atoms with Gasteiger partial charge in [0.1, 0.15) is 0 Å². The molecule has 2 aliphatic heterocycles. The van der Waals surface area contributed by atoms with Gasteiger partial charge in [0, 0.05) is 35.0 Å². The first-order valence-corrected chi connectivity index (χ1v) is 11.7. The number of benzene rings is 3. The molecule has 10 heteroatoms. The number of fused-ring (bicyclic) bond motifs is 2. The van der Waals surface area contributed by atoms with E-state index in [-0.39, 0.29) is 11.3 Å². The number of nitro benzene ring substituents is 2. The van der Waals surface area contributed by atoms with Gasteiger partial charge in [0.25, 0.3) is 17.3 Å². The second-order valence-corrected chi connectivity index (χ2v) is 9.19. The Hall–Kier alpha value is -3.92. The first-order valence-electron chi connectivity index (χ1n) is 10.9. The van der Waals surface area contributed by atoms with E-state index < -0.39 is 27.1 Å². The molecule has 2 heterocycles. The maximum Gasteiger partial charge on any atom is 0.300 e. The van der Waals surface area contributed by atoms with Crippen LogP contribution in [0.2, 0.25) is 0 Å². The fourth-order valence-electron chi connectivity index (χ4n) is 4.50. The SMILES string of the molecule is O=C(c1cc([N+](=O)[O-])c(N2CCCCC2)c([N+](=O)[O-])c1)N1c2ccccc2Sc2ccccc21. The minimum absolute atomic E-state index is 0.0266. The van der Waals surface area contributed by atoms with E-state index in [0.717, 1.165) is 29.1 Å². The van der Waals surface area contributed by atoms with Gasteiger partial charge in [-0.3, -0.25) is 29.9 Å². The van der Waals surface area contributed by atoms with Crippen LogP contribution in [0.1, 0.15) is 29.6 Å². The topological polar surface area (TPSA) is 110 Å². The molecule has 0 bridgehead atoms. The van der Waals surface area contributed by atoms with Crippen LogP contribution in [0, 0.1) is 20.2 Å². The van der Waals surface area contributed by atoms with E-state index in [1.807, 2.05) is 24.3 Å². The quantitative estimate of drug-likeness (QED) is 0.339. The predicted octanol–water partition coefficient (Wildman–Crippen LogP) is 5.94. The van der Waals surface area contributed by atoms with Crippen molar-refractivity contribution in [2.75, 3.05) is 22.9 Å². The second-order valence-electron chi connectivity index (χ2n) is 8.10. The lowest BCUT2D eigenvalue weighted by Crippen LogP contribution is -2.31. The van der Waals surface area contributed by atoms with Crippen molar-refractivity contribution in [3.63, 3.8) is 0 Å². The van der Waals surface area contributed by atoms with Crippen LogP contribution in [0.4, 0.5) is 28.4 Å². The van der Waals surface area contributed by atoms with Gasteiger partial charge in [0.2, 0.25) is 0 Å². The molecule has 2 aliphatic rings. The Balaban J connectivity index is 1.67. The Morgan fingerprint density at radius 1 is 0.794 bits per heavy atom. The molecule has 0 atom stereocenters. The second kappa shape index (κ2) is 8.79. The summed E-state index contributed by atoms with van der Waals surface area (Å²) in [5, 5.41) is 24.0. The summed E-state index contributed by atoms with van der Waals surface area (Å²) in [6, 6.07) is 17.1. The monoisotopic (exact) mass is 476 g/mol. The molecule has 9 nitrogen and oxygen atoms in total. The number of anilines is 3. The van der Waals surface area contributed by atoms with Crippen LogP contribution >= 0.6 is 11.8 Å². The van der Waals surface area contributed by atoms with Crippen LogP contribution < -0.4 is 9.80 Å². The highest BCUT2D eigenvalue weighted by atomic mass is 32.2. The third kappa shape index (κ3) is 3.75. The highest BCUT2D eigenvalue weighted by Crippen LogP contribution is 2.49. The molecule has 0 aliphatic carbocycles. The Morgan fingerprint density at radius 2 is 1.29 bits per heavy atom. The van der Waals surface area contributed by atoms with E-state index in [1.54, 1.807) is 29.2 Å². The summed E-state index contributed by atoms with van der Waals surface area (Å²) in [4.78, 5) is 41.4. The van der Waals surface area contributed by atoms with Gasteiger partial charge in [0.05, 0.1) is 26.8 Å². The predicted molar refractivity (Wildman–Crippen MR) is 129 cm³/mol. The molecular weight excluding hydrogens is 456 g/mol. The van der Waals surface area contributed by atoms with E-state index in [4.69, 9.17) is 0 Å². The Labute approximate surface area is 199 Å². The summed E-state index contributed by atoms with van der Waals surface area (Å²) < 4.78 is 0. The van der Waals surface area contributed by atoms with E-state index in [2.05, 4.69) is 0 Å². The lowest BCUT2D eigenvalue weighted by Gasteiger charge is -2.31. The molecule has 1 amide bonds. The van der Waals surface area contributed by atoms with E-state index >= 15 is 0 Å². The minimum Gasteiger partial charge on any atom is -0.360 e. The number of carbonyl (C=O) groups is 1. The number of para-hydroxylation sites is 2. The van der Waals surface area contributed by atoms with Crippen molar-refractivity contribution >= 4 is 46.1 Å². The highest BCUT2D eigenvalue weighted by Gasteiger charge is 2.35. The van der Waals surface area contributed by atoms with E-state index in [1.165, 1.54) is 28.8 Å². The molecule has 3 aromatic carbocycles. The van der Waals surface area contributed by atoms with Gasteiger partial charge in [0.15, 0.2) is 5.69 Å². The Kier molecular flexibility index (Phi) is 5.66. The van der Waals surface area contributed by atoms with Crippen molar-refractivity contribution in [1.29, 1.82) is 0 Å². The lowest BCUT2D eigenvalue weighted by molar-refractivity contribution is -0.392. The zero-order valence-electron chi connectivity index (χ0n) is 18.0. The minimum atomic E-state index is -0.637. The number of rotatable bonds is 4. The largest absolute Gasteiger partial charge is 0.360 e. The first-order chi connectivity index (χ1) is 16.5. The Bertz CT molecular complexity index is 1240. The number of nitro groups is 2. The summed E-state index contributed by atoms with van der Waals surface area (Å²) in [6.45, 7) is 0.998. The first kappa shape index (κ1) is 21.9. The number of hydrogen-bond acceptors (Lipinski definition) is 7. The zero-order chi connectivity index (χ0) is 23.8. The summed E-state index contributed by atoms with van der Waals surface area (Å²) in [5.74, 6) is -0.559. The molecule has 0 spiro atoms. The molecule has 0 saturated carbocycles. The van der Waals surface area contributed by atoms with Gasteiger partial charge >= 0.3 is 0 Å². The molecule has 5 rings (SSSR count). The van der Waals surface area contributed by atoms with Crippen LogP contribution in [0.15, 0.2) is 70.5 Å². The maximum atomic E-state index is 13.8. The standard InChI is InChI=1S/C24H20N4O5S/c29-24(26-17-8-2-4-10-21(17)34-22-11-5-3-9-18(22)26)16-14-19(27(30)31)23(20(15-16)28(32)33)25-12-6-1-7-13-25/h2-5,8-11,14-15H,1,6-7,12-13H2. The van der Waals surface area contributed by atoms with Crippen molar-refractivity contribution in [2.24, 2.45) is 0 Å². The number of nitrogens with zero attached hydrogens (tertiary/aromatic N) is 4. The average Bonchev–Trinajstić information content (AvgIpc) is 2.86. The van der Waals surface area contributed by atoms with Gasteiger partial charge in [-0.25, -0.2) is 0 Å². The lowest BCUT2D eigenvalue weighted by atomic mass is 10.0. The van der Waals surface area contributed by atoms with Crippen LogP contribution in [0.25, 0.3) is 0 Å². The zero-order valence-corrected chi connectivity index (χ0v) is 18.9. The van der Waals surface area contributed by atoms with Gasteiger partial charge in [-0.1, -0.05) is 36.0 Å². The molecule has 34 heavy (non-hydrogen) atoms. The molecule has 0 radical (unpaired) electrons. The third-order valence-electron chi connectivity index (χ3n) is 6.02. The van der Waals surface area contributed by atoms with Crippen molar-refractivity contribution in [3.05, 3.63) is 86.5 Å². The fourth-order valence-corrected chi connectivity index (χ4v) is 5.56. The van der Waals surface area contributed by atoms with Gasteiger partial charge in [-0.05, 0) is 43.5 Å². The Morgan fingerprint density at radius 3 is 1.79 bits per heavy atom. The summed E-state index contributed by atoms with van der Waals surface area (Å²) in [5.41, 5.74) is 0.278. The number of piperidine rings is 1.